The maximum absolute atomic E-state index is 12.3. The molecule has 27 heavy (non-hydrogen) atoms. The van der Waals surface area contributed by atoms with Crippen molar-refractivity contribution >= 4 is 11.8 Å². The van der Waals surface area contributed by atoms with Gasteiger partial charge in [-0.3, -0.25) is 10.2 Å². The molecule has 1 aliphatic rings. The first-order chi connectivity index (χ1) is 13.1. The maximum Gasteiger partial charge on any atom is 0.412 e. The number of hydrogen-bond acceptors (Lipinski definition) is 6. The SMILES string of the molecule is CCCCOc1cccc(NC(=O)OC(COC)CN2CCN(C)CC2)c1. The normalized spacial score (nSPS) is 16.7. The van der Waals surface area contributed by atoms with Crippen molar-refractivity contribution in [3.63, 3.8) is 0 Å². The fraction of sp³-hybridized carbons (Fsp3) is 0.650. The minimum Gasteiger partial charge on any atom is -0.494 e. The number of nitrogens with one attached hydrogen (secondary N) is 1. The zero-order valence-electron chi connectivity index (χ0n) is 16.8. The van der Waals surface area contributed by atoms with E-state index in [2.05, 4.69) is 29.1 Å². The van der Waals surface area contributed by atoms with Gasteiger partial charge in [0, 0.05) is 51.6 Å². The highest BCUT2D eigenvalue weighted by Gasteiger charge is 2.21. The Morgan fingerprint density at radius 2 is 2.04 bits per heavy atom. The van der Waals surface area contributed by atoms with E-state index in [4.69, 9.17) is 14.2 Å². The highest BCUT2D eigenvalue weighted by atomic mass is 16.6. The molecule has 1 fully saturated rings. The first-order valence-electron chi connectivity index (χ1n) is 9.71. The molecule has 1 aliphatic heterocycles. The van der Waals surface area contributed by atoms with Gasteiger partial charge in [0.1, 0.15) is 11.9 Å². The molecule has 0 aliphatic carbocycles. The third-order valence-corrected chi connectivity index (χ3v) is 4.53. The highest BCUT2D eigenvalue weighted by Crippen LogP contribution is 2.18. The van der Waals surface area contributed by atoms with Gasteiger partial charge in [-0.25, -0.2) is 4.79 Å². The number of nitrogens with zero attached hydrogens (tertiary/aromatic N) is 2. The van der Waals surface area contributed by atoms with E-state index in [-0.39, 0.29) is 6.10 Å². The van der Waals surface area contributed by atoms with Gasteiger partial charge < -0.3 is 19.1 Å². The molecule has 1 amide bonds. The highest BCUT2D eigenvalue weighted by molar-refractivity contribution is 5.85. The number of methoxy groups -OCH3 is 1. The molecular formula is C20H33N3O4. The number of piperazine rings is 1. The van der Waals surface area contributed by atoms with E-state index < -0.39 is 6.09 Å². The lowest BCUT2D eigenvalue weighted by atomic mass is 10.2. The predicted molar refractivity (Wildman–Crippen MR) is 107 cm³/mol. The minimum atomic E-state index is -0.475. The van der Waals surface area contributed by atoms with Gasteiger partial charge in [0.05, 0.1) is 13.2 Å². The Bertz CT molecular complexity index is 562. The molecule has 0 spiro atoms. The summed E-state index contributed by atoms with van der Waals surface area (Å²) < 4.78 is 16.5. The van der Waals surface area contributed by atoms with Gasteiger partial charge in [-0.1, -0.05) is 19.4 Å². The van der Waals surface area contributed by atoms with Crippen LogP contribution in [0.1, 0.15) is 19.8 Å². The summed E-state index contributed by atoms with van der Waals surface area (Å²) in [5, 5.41) is 2.78. The number of ether oxygens (including phenoxy) is 3. The number of amides is 1. The van der Waals surface area contributed by atoms with Gasteiger partial charge >= 0.3 is 6.09 Å². The van der Waals surface area contributed by atoms with Crippen LogP contribution >= 0.6 is 0 Å². The second kappa shape index (κ2) is 11.8. The number of rotatable bonds is 10. The van der Waals surface area contributed by atoms with Crippen molar-refractivity contribution < 1.29 is 19.0 Å². The second-order valence-electron chi connectivity index (χ2n) is 6.94. The summed E-state index contributed by atoms with van der Waals surface area (Å²) in [6.45, 7) is 7.83. The number of benzene rings is 1. The molecule has 2 rings (SSSR count). The fourth-order valence-corrected chi connectivity index (χ4v) is 2.92. The van der Waals surface area contributed by atoms with Crippen molar-refractivity contribution in [1.82, 2.24) is 9.80 Å². The lowest BCUT2D eigenvalue weighted by molar-refractivity contribution is 0.0157. The number of unbranched alkanes of at least 4 members (excludes halogenated alkanes) is 1. The Hall–Kier alpha value is -1.83. The van der Waals surface area contributed by atoms with E-state index in [1.165, 1.54) is 0 Å². The molecule has 0 saturated carbocycles. The first kappa shape index (κ1) is 21.5. The predicted octanol–water partition coefficient (Wildman–Crippen LogP) is 2.68. The molecule has 7 heteroatoms. The lowest BCUT2D eigenvalue weighted by Crippen LogP contribution is -2.48. The molecule has 1 saturated heterocycles. The van der Waals surface area contributed by atoms with Crippen LogP contribution in [0.5, 0.6) is 5.75 Å². The molecular weight excluding hydrogens is 346 g/mol. The van der Waals surface area contributed by atoms with Gasteiger partial charge in [-0.15, -0.1) is 0 Å². The number of anilines is 1. The monoisotopic (exact) mass is 379 g/mol. The van der Waals surface area contributed by atoms with Gasteiger partial charge in [0.2, 0.25) is 0 Å². The lowest BCUT2D eigenvalue weighted by Gasteiger charge is -2.34. The zero-order chi connectivity index (χ0) is 19.5. The summed E-state index contributed by atoms with van der Waals surface area (Å²) >= 11 is 0. The molecule has 0 aromatic heterocycles. The summed E-state index contributed by atoms with van der Waals surface area (Å²) in [7, 11) is 3.74. The zero-order valence-corrected chi connectivity index (χ0v) is 16.8. The first-order valence-corrected chi connectivity index (χ1v) is 9.71. The maximum atomic E-state index is 12.3. The number of hydrogen-bond donors (Lipinski definition) is 1. The van der Waals surface area contributed by atoms with E-state index in [0.29, 0.717) is 25.4 Å². The van der Waals surface area contributed by atoms with Crippen LogP contribution in [-0.2, 0) is 9.47 Å². The number of likely N-dealkylation sites (N-methyl/N-ethyl adjacent to an activating group) is 1. The van der Waals surface area contributed by atoms with Crippen LogP contribution in [0.3, 0.4) is 0 Å². The smallest absolute Gasteiger partial charge is 0.412 e. The van der Waals surface area contributed by atoms with Crippen LogP contribution in [0, 0.1) is 0 Å². The van der Waals surface area contributed by atoms with E-state index in [9.17, 15) is 4.79 Å². The van der Waals surface area contributed by atoms with Crippen LogP contribution in [-0.4, -0.2) is 82.1 Å². The average molecular weight is 380 g/mol. The van der Waals surface area contributed by atoms with Crippen molar-refractivity contribution in [2.45, 2.75) is 25.9 Å². The van der Waals surface area contributed by atoms with E-state index in [1.54, 1.807) is 7.11 Å². The van der Waals surface area contributed by atoms with Crippen molar-refractivity contribution in [2.24, 2.45) is 0 Å². The molecule has 1 aromatic carbocycles. The molecule has 7 nitrogen and oxygen atoms in total. The summed E-state index contributed by atoms with van der Waals surface area (Å²) in [6.07, 6.45) is 1.31. The van der Waals surface area contributed by atoms with E-state index in [1.807, 2.05) is 24.3 Å². The van der Waals surface area contributed by atoms with Crippen LogP contribution in [0.15, 0.2) is 24.3 Å². The summed E-state index contributed by atoms with van der Waals surface area (Å²) in [5.41, 5.74) is 0.657. The van der Waals surface area contributed by atoms with Gasteiger partial charge in [0.25, 0.3) is 0 Å². The standard InChI is InChI=1S/C20H33N3O4/c1-4-5-13-26-18-8-6-7-17(14-18)21-20(24)27-19(16-25-3)15-23-11-9-22(2)10-12-23/h6-8,14,19H,4-5,9-13,15-16H2,1-3H3,(H,21,24). The van der Waals surface area contributed by atoms with Crippen molar-refractivity contribution in [3.05, 3.63) is 24.3 Å². The third-order valence-electron chi connectivity index (χ3n) is 4.53. The van der Waals surface area contributed by atoms with E-state index >= 15 is 0 Å². The minimum absolute atomic E-state index is 0.303. The summed E-state index contributed by atoms with van der Waals surface area (Å²) in [5.74, 6) is 0.743. The molecule has 1 heterocycles. The van der Waals surface area contributed by atoms with Gasteiger partial charge in [-0.05, 0) is 25.6 Å². The third kappa shape index (κ3) is 8.15. The van der Waals surface area contributed by atoms with Gasteiger partial charge in [-0.2, -0.15) is 0 Å². The second-order valence-corrected chi connectivity index (χ2v) is 6.94. The largest absolute Gasteiger partial charge is 0.494 e. The van der Waals surface area contributed by atoms with Crippen LogP contribution in [0.2, 0.25) is 0 Å². The molecule has 152 valence electrons. The number of carbonyl (C=O) groups excluding carboxylic acids is 1. The van der Waals surface area contributed by atoms with Crippen LogP contribution in [0.25, 0.3) is 0 Å². The Labute approximate surface area is 162 Å². The molecule has 1 aromatic rings. The quantitative estimate of drug-likeness (QED) is 0.631. The summed E-state index contributed by atoms with van der Waals surface area (Å²) in [6, 6.07) is 7.36. The summed E-state index contributed by atoms with van der Waals surface area (Å²) in [4.78, 5) is 16.9. The molecule has 0 radical (unpaired) electrons. The molecule has 1 N–H and O–H groups in total. The molecule has 1 unspecified atom stereocenters. The van der Waals surface area contributed by atoms with Crippen LogP contribution < -0.4 is 10.1 Å². The van der Waals surface area contributed by atoms with Crippen molar-refractivity contribution in [3.8, 4) is 5.75 Å². The Morgan fingerprint density at radius 1 is 1.26 bits per heavy atom. The van der Waals surface area contributed by atoms with Gasteiger partial charge in [0.15, 0.2) is 0 Å². The number of carbonyl (C=O) groups is 1. The van der Waals surface area contributed by atoms with Crippen LogP contribution in [0.4, 0.5) is 10.5 Å². The fourth-order valence-electron chi connectivity index (χ4n) is 2.92. The molecule has 1 atom stereocenters. The topological polar surface area (TPSA) is 63.3 Å². The Kier molecular flexibility index (Phi) is 9.38. The molecule has 0 bridgehead atoms. The van der Waals surface area contributed by atoms with E-state index in [0.717, 1.165) is 44.8 Å². The van der Waals surface area contributed by atoms with Crippen molar-refractivity contribution in [1.29, 1.82) is 0 Å². The van der Waals surface area contributed by atoms with Crippen molar-refractivity contribution in [2.75, 3.05) is 65.4 Å². The average Bonchev–Trinajstić information content (AvgIpc) is 2.64. The Morgan fingerprint density at radius 3 is 2.74 bits per heavy atom. The Balaban J connectivity index is 1.83.